The molecular formula is C23H29N7O2S. The molecule has 6 rings (SSSR count). The van der Waals surface area contributed by atoms with E-state index in [0.717, 1.165) is 60.9 Å². The van der Waals surface area contributed by atoms with Gasteiger partial charge in [-0.2, -0.15) is 9.40 Å². The number of hydrogen-bond donors (Lipinski definition) is 3. The number of hydrogen-bond acceptors (Lipinski definition) is 7. The molecule has 33 heavy (non-hydrogen) atoms. The molecule has 3 aliphatic rings. The number of aromatic amines is 1. The van der Waals surface area contributed by atoms with Crippen molar-refractivity contribution in [3.8, 4) is 0 Å². The molecule has 1 unspecified atom stereocenters. The number of anilines is 3. The van der Waals surface area contributed by atoms with Crippen LogP contribution in [0.4, 0.5) is 17.5 Å². The summed E-state index contributed by atoms with van der Waals surface area (Å²) in [5, 5.41) is 15.0. The Morgan fingerprint density at radius 3 is 2.58 bits per heavy atom. The lowest BCUT2D eigenvalue weighted by molar-refractivity contribution is 0.232. The van der Waals surface area contributed by atoms with E-state index in [0.29, 0.717) is 11.6 Å². The van der Waals surface area contributed by atoms with E-state index in [4.69, 9.17) is 4.98 Å². The van der Waals surface area contributed by atoms with Crippen molar-refractivity contribution in [2.75, 3.05) is 10.6 Å². The van der Waals surface area contributed by atoms with Crippen LogP contribution in [0.5, 0.6) is 0 Å². The highest BCUT2D eigenvalue weighted by Crippen LogP contribution is 2.50. The summed E-state index contributed by atoms with van der Waals surface area (Å²) in [5.74, 6) is 2.14. The average Bonchev–Trinajstić information content (AvgIpc) is 3.32. The minimum absolute atomic E-state index is 0.0707. The second kappa shape index (κ2) is 7.39. The predicted molar refractivity (Wildman–Crippen MR) is 128 cm³/mol. The first-order valence-electron chi connectivity index (χ1n) is 11.7. The van der Waals surface area contributed by atoms with Crippen LogP contribution in [0.3, 0.4) is 0 Å². The van der Waals surface area contributed by atoms with Gasteiger partial charge in [0.25, 0.3) is 0 Å². The summed E-state index contributed by atoms with van der Waals surface area (Å²) in [6.45, 7) is 3.85. The smallest absolute Gasteiger partial charge is 0.220 e. The van der Waals surface area contributed by atoms with Gasteiger partial charge in [0, 0.05) is 47.5 Å². The van der Waals surface area contributed by atoms with Gasteiger partial charge in [-0.1, -0.05) is 0 Å². The Morgan fingerprint density at radius 1 is 1.15 bits per heavy atom. The molecule has 0 spiro atoms. The Hall–Kier alpha value is -2.72. The second-order valence-electron chi connectivity index (χ2n) is 9.97. The number of piperidine rings is 1. The molecule has 0 radical (unpaired) electrons. The zero-order valence-corrected chi connectivity index (χ0v) is 19.7. The fourth-order valence-corrected chi connectivity index (χ4v) is 7.68. The van der Waals surface area contributed by atoms with Crippen LogP contribution in [0.1, 0.15) is 51.1 Å². The first kappa shape index (κ1) is 20.9. The van der Waals surface area contributed by atoms with Crippen molar-refractivity contribution in [1.82, 2.24) is 24.5 Å². The first-order chi connectivity index (χ1) is 15.8. The second-order valence-corrected chi connectivity index (χ2v) is 12.3. The number of aryl methyl sites for hydroxylation is 1. The molecule has 1 aliphatic carbocycles. The Bertz CT molecular complexity index is 1300. The molecular weight excluding hydrogens is 438 g/mol. The summed E-state index contributed by atoms with van der Waals surface area (Å²) >= 11 is 0. The Balaban J connectivity index is 1.26. The minimum atomic E-state index is -3.23. The Labute approximate surface area is 193 Å². The number of nitrogens with zero attached hydrogens (tertiary/aromatic N) is 4. The quantitative estimate of drug-likeness (QED) is 0.506. The highest BCUT2D eigenvalue weighted by molar-refractivity contribution is 7.90. The number of aromatic nitrogens is 4. The van der Waals surface area contributed by atoms with Gasteiger partial charge in [-0.3, -0.25) is 10.1 Å². The number of fused-ring (bicyclic) bond motifs is 3. The van der Waals surface area contributed by atoms with E-state index in [-0.39, 0.29) is 18.1 Å². The van der Waals surface area contributed by atoms with Gasteiger partial charge in [0.05, 0.1) is 10.3 Å². The normalized spacial score (nSPS) is 26.4. The van der Waals surface area contributed by atoms with Gasteiger partial charge >= 0.3 is 0 Å². The van der Waals surface area contributed by atoms with Crippen molar-refractivity contribution in [1.29, 1.82) is 0 Å². The van der Waals surface area contributed by atoms with Crippen molar-refractivity contribution in [2.45, 2.75) is 75.2 Å². The topological polar surface area (TPSA) is 116 Å². The van der Waals surface area contributed by atoms with Crippen LogP contribution in [0, 0.1) is 6.92 Å². The average molecular weight is 468 g/mol. The zero-order chi connectivity index (χ0) is 22.8. The summed E-state index contributed by atoms with van der Waals surface area (Å²) < 4.78 is 27.8. The van der Waals surface area contributed by atoms with Crippen LogP contribution in [0.2, 0.25) is 0 Å². The molecule has 3 fully saturated rings. The monoisotopic (exact) mass is 467 g/mol. The number of pyridine rings is 2. The molecule has 0 amide bonds. The van der Waals surface area contributed by atoms with Gasteiger partial charge in [-0.05, 0) is 64.5 Å². The summed E-state index contributed by atoms with van der Waals surface area (Å²) in [4.78, 5) is 9.37. The van der Waals surface area contributed by atoms with E-state index >= 15 is 0 Å². The minimum Gasteiger partial charge on any atom is -0.367 e. The molecule has 1 saturated carbocycles. The maximum atomic E-state index is 13.3. The van der Waals surface area contributed by atoms with Crippen LogP contribution in [0.25, 0.3) is 10.9 Å². The molecule has 2 saturated heterocycles. The summed E-state index contributed by atoms with van der Waals surface area (Å²) in [5.41, 5.74) is 1.81. The van der Waals surface area contributed by atoms with Crippen molar-refractivity contribution >= 4 is 38.4 Å². The van der Waals surface area contributed by atoms with Crippen molar-refractivity contribution < 1.29 is 8.42 Å². The molecule has 2 aliphatic heterocycles. The third-order valence-corrected chi connectivity index (χ3v) is 10.2. The molecule has 3 aromatic rings. The van der Waals surface area contributed by atoms with E-state index < -0.39 is 14.8 Å². The molecule has 5 heterocycles. The molecule has 2 bridgehead atoms. The molecule has 9 nitrogen and oxygen atoms in total. The van der Waals surface area contributed by atoms with Gasteiger partial charge in [0.15, 0.2) is 5.82 Å². The first-order valence-corrected chi connectivity index (χ1v) is 13.1. The van der Waals surface area contributed by atoms with Crippen LogP contribution in [-0.4, -0.2) is 55.8 Å². The van der Waals surface area contributed by atoms with Crippen LogP contribution in [0.15, 0.2) is 30.5 Å². The lowest BCUT2D eigenvalue weighted by Crippen LogP contribution is -2.52. The van der Waals surface area contributed by atoms with Gasteiger partial charge < -0.3 is 10.6 Å². The number of nitrogens with one attached hydrogen (secondary N) is 3. The van der Waals surface area contributed by atoms with Gasteiger partial charge in [-0.25, -0.2) is 13.4 Å². The maximum absolute atomic E-state index is 13.3. The van der Waals surface area contributed by atoms with E-state index in [2.05, 4.69) is 25.8 Å². The van der Waals surface area contributed by atoms with E-state index in [1.807, 2.05) is 42.4 Å². The van der Waals surface area contributed by atoms with Crippen LogP contribution in [-0.2, 0) is 10.0 Å². The Kier molecular flexibility index (Phi) is 4.67. The highest BCUT2D eigenvalue weighted by Gasteiger charge is 2.58. The molecule has 10 heteroatoms. The van der Waals surface area contributed by atoms with E-state index in [1.54, 1.807) is 6.20 Å². The SMILES string of the molecule is Cc1cc(Nc2cc3ncccc3c(NC3C[C@H]4CC[C@@H](C3)N4S(=O)(=O)C3(C)CC3)n2)n[nH]1. The molecule has 3 N–H and O–H groups in total. The molecule has 3 atom stereocenters. The van der Waals surface area contributed by atoms with Crippen molar-refractivity contribution in [3.05, 3.63) is 36.2 Å². The highest BCUT2D eigenvalue weighted by atomic mass is 32.2. The van der Waals surface area contributed by atoms with Gasteiger partial charge in [0.2, 0.25) is 10.0 Å². The molecule has 174 valence electrons. The van der Waals surface area contributed by atoms with Crippen molar-refractivity contribution in [2.24, 2.45) is 0 Å². The third kappa shape index (κ3) is 3.56. The number of sulfonamides is 1. The standard InChI is InChI=1S/C23H29N7O2S/c1-14-10-21(29-28-14)26-20-13-19-18(4-3-9-24-19)22(27-20)25-15-11-16-5-6-17(12-15)30(16)33(31,32)23(2)7-8-23/h3-4,9-10,13,15-17H,5-8,11-12H2,1-2H3,(H3,25,26,27,28,29)/t15?,16-,17+. The largest absolute Gasteiger partial charge is 0.367 e. The summed E-state index contributed by atoms with van der Waals surface area (Å²) in [6.07, 6.45) is 6.81. The van der Waals surface area contributed by atoms with Crippen LogP contribution < -0.4 is 10.6 Å². The van der Waals surface area contributed by atoms with Crippen LogP contribution >= 0.6 is 0 Å². The third-order valence-electron chi connectivity index (χ3n) is 7.42. The number of rotatable bonds is 6. The molecule has 3 aromatic heterocycles. The summed E-state index contributed by atoms with van der Waals surface area (Å²) in [7, 11) is -3.23. The molecule has 0 aromatic carbocycles. The van der Waals surface area contributed by atoms with Gasteiger partial charge in [-0.15, -0.1) is 0 Å². The lowest BCUT2D eigenvalue weighted by atomic mass is 9.99. The zero-order valence-electron chi connectivity index (χ0n) is 18.9. The predicted octanol–water partition coefficient (Wildman–Crippen LogP) is 3.69. The summed E-state index contributed by atoms with van der Waals surface area (Å²) in [6, 6.07) is 8.07. The van der Waals surface area contributed by atoms with E-state index in [1.165, 1.54) is 0 Å². The van der Waals surface area contributed by atoms with Gasteiger partial charge in [0.1, 0.15) is 11.6 Å². The van der Waals surface area contributed by atoms with E-state index in [9.17, 15) is 8.42 Å². The maximum Gasteiger partial charge on any atom is 0.220 e. The lowest BCUT2D eigenvalue weighted by Gasteiger charge is -2.39. The fourth-order valence-electron chi connectivity index (χ4n) is 5.39. The number of H-pyrrole nitrogens is 1. The Morgan fingerprint density at radius 2 is 1.91 bits per heavy atom. The van der Waals surface area contributed by atoms with Crippen molar-refractivity contribution in [3.63, 3.8) is 0 Å². The fraction of sp³-hybridized carbons (Fsp3) is 0.522.